The number of aromatic nitrogens is 3. The summed E-state index contributed by atoms with van der Waals surface area (Å²) in [5.41, 5.74) is 0.271. The van der Waals surface area contributed by atoms with E-state index < -0.39 is 34.8 Å². The molecule has 3 heterocycles. The van der Waals surface area contributed by atoms with Crippen molar-refractivity contribution in [3.63, 3.8) is 0 Å². The van der Waals surface area contributed by atoms with Crippen molar-refractivity contribution in [1.82, 2.24) is 14.5 Å². The van der Waals surface area contributed by atoms with E-state index in [2.05, 4.69) is 9.97 Å². The molecule has 8 nitrogen and oxygen atoms in total. The van der Waals surface area contributed by atoms with Crippen LogP contribution in [0.2, 0.25) is 0 Å². The fourth-order valence-corrected chi connectivity index (χ4v) is 4.95. The molecule has 0 spiro atoms. The molecule has 236 valence electrons. The third-order valence-electron chi connectivity index (χ3n) is 7.37. The highest BCUT2D eigenvalue weighted by atomic mass is 19.1. The molecule has 46 heavy (non-hydrogen) atoms. The molecule has 1 N–H and O–H groups in total. The number of pyridine rings is 1. The number of rotatable bonds is 9. The zero-order valence-corrected chi connectivity index (χ0v) is 24.9. The lowest BCUT2D eigenvalue weighted by Crippen LogP contribution is -2.31. The number of imidazole rings is 1. The Morgan fingerprint density at radius 1 is 1.00 bits per heavy atom. The first-order valence-electron chi connectivity index (χ1n) is 14.5. The van der Waals surface area contributed by atoms with Crippen LogP contribution in [-0.2, 0) is 24.3 Å². The number of carboxylic acids is 1. The monoisotopic (exact) mass is 632 g/mol. The summed E-state index contributed by atoms with van der Waals surface area (Å²) in [5, 5.41) is 18.3. The molecule has 1 aliphatic heterocycles. The average Bonchev–Trinajstić information content (AvgIpc) is 3.35. The second-order valence-electron chi connectivity index (χ2n) is 10.2. The van der Waals surface area contributed by atoms with Gasteiger partial charge in [-0.3, -0.25) is 0 Å². The van der Waals surface area contributed by atoms with Crippen LogP contribution in [-0.4, -0.2) is 38.3 Å². The number of aromatic carboxylic acids is 1. The number of benzene rings is 3. The summed E-state index contributed by atoms with van der Waals surface area (Å²) >= 11 is 0. The zero-order valence-electron chi connectivity index (χ0n) is 24.9. The van der Waals surface area contributed by atoms with Crippen LogP contribution >= 0.6 is 0 Å². The van der Waals surface area contributed by atoms with Crippen LogP contribution in [0.4, 0.5) is 17.6 Å². The quantitative estimate of drug-likeness (QED) is 0.171. The average molecular weight is 633 g/mol. The fraction of sp³-hybridized carbons (Fsp3) is 0.235. The van der Waals surface area contributed by atoms with Gasteiger partial charge in [-0.15, -0.1) is 0 Å². The molecular weight excluding hydrogens is 604 g/mol. The van der Waals surface area contributed by atoms with Gasteiger partial charge < -0.3 is 19.1 Å². The van der Waals surface area contributed by atoms with Crippen LogP contribution in [0.15, 0.2) is 60.7 Å². The van der Waals surface area contributed by atoms with Crippen molar-refractivity contribution in [2.75, 3.05) is 6.61 Å². The normalized spacial score (nSPS) is 13.8. The summed E-state index contributed by atoms with van der Waals surface area (Å²) in [6, 6.07) is 14.5. The third kappa shape index (κ3) is 6.69. The maximum atomic E-state index is 15.4. The number of nitrogens with zero attached hydrogens (tertiary/aromatic N) is 4. The second-order valence-corrected chi connectivity index (χ2v) is 10.2. The Morgan fingerprint density at radius 2 is 1.76 bits per heavy atom. The summed E-state index contributed by atoms with van der Waals surface area (Å²) in [6.45, 7) is 4.64. The SMILES string of the molecule is CC.N#Cc1ccc(COc2cccc(-c3cc(F)c(Cc4nc5cc(F)c(C(=O)O)cc5n4CC4CCO4)cc3F)n2)c(F)c1. The molecule has 6 rings (SSSR count). The van der Waals surface area contributed by atoms with Crippen LogP contribution in [0.25, 0.3) is 22.3 Å². The molecule has 1 unspecified atom stereocenters. The van der Waals surface area contributed by atoms with Crippen molar-refractivity contribution in [2.45, 2.75) is 45.9 Å². The first kappa shape index (κ1) is 32.1. The van der Waals surface area contributed by atoms with Crippen LogP contribution < -0.4 is 4.74 Å². The molecule has 0 amide bonds. The summed E-state index contributed by atoms with van der Waals surface area (Å²) in [4.78, 5) is 20.2. The number of hydrogen-bond donors (Lipinski definition) is 1. The molecule has 1 atom stereocenters. The van der Waals surface area contributed by atoms with Gasteiger partial charge in [0.15, 0.2) is 0 Å². The van der Waals surface area contributed by atoms with E-state index in [4.69, 9.17) is 14.7 Å². The highest BCUT2D eigenvalue weighted by molar-refractivity contribution is 5.93. The van der Waals surface area contributed by atoms with Crippen LogP contribution in [0.1, 0.15) is 53.1 Å². The second kappa shape index (κ2) is 13.8. The molecule has 3 aromatic carbocycles. The van der Waals surface area contributed by atoms with Crippen molar-refractivity contribution in [3.05, 3.63) is 112 Å². The molecule has 0 aliphatic carbocycles. The molecule has 12 heteroatoms. The van der Waals surface area contributed by atoms with Gasteiger partial charge in [0.1, 0.15) is 35.7 Å². The van der Waals surface area contributed by atoms with E-state index in [1.807, 2.05) is 19.9 Å². The maximum Gasteiger partial charge on any atom is 0.338 e. The van der Waals surface area contributed by atoms with Crippen molar-refractivity contribution in [3.8, 4) is 23.2 Å². The molecule has 1 saturated heterocycles. The number of ether oxygens (including phenoxy) is 2. The number of hydrogen-bond acceptors (Lipinski definition) is 6. The van der Waals surface area contributed by atoms with E-state index in [1.54, 1.807) is 4.57 Å². The number of nitriles is 1. The maximum absolute atomic E-state index is 15.4. The van der Waals surface area contributed by atoms with Gasteiger partial charge in [-0.05, 0) is 48.4 Å². The van der Waals surface area contributed by atoms with Crippen molar-refractivity contribution in [1.29, 1.82) is 5.26 Å². The molecule has 1 fully saturated rings. The van der Waals surface area contributed by atoms with Crippen molar-refractivity contribution < 1.29 is 36.9 Å². The number of halogens is 4. The lowest BCUT2D eigenvalue weighted by Gasteiger charge is -2.27. The lowest BCUT2D eigenvalue weighted by atomic mass is 10.0. The van der Waals surface area contributed by atoms with Crippen molar-refractivity contribution in [2.24, 2.45) is 0 Å². The Hall–Kier alpha value is -5.28. The minimum absolute atomic E-state index is 0.0278. The minimum atomic E-state index is -1.44. The van der Waals surface area contributed by atoms with Gasteiger partial charge in [0.25, 0.3) is 0 Å². The molecule has 0 radical (unpaired) electrons. The highest BCUT2D eigenvalue weighted by Crippen LogP contribution is 2.29. The van der Waals surface area contributed by atoms with Gasteiger partial charge in [0, 0.05) is 36.3 Å². The minimum Gasteiger partial charge on any atom is -0.478 e. The Kier molecular flexibility index (Phi) is 9.63. The smallest absolute Gasteiger partial charge is 0.338 e. The Bertz CT molecular complexity index is 1970. The van der Waals surface area contributed by atoms with E-state index in [9.17, 15) is 18.7 Å². The summed E-state index contributed by atoms with van der Waals surface area (Å²) < 4.78 is 72.2. The first-order chi connectivity index (χ1) is 22.2. The Balaban J connectivity index is 0.00000204. The van der Waals surface area contributed by atoms with Crippen molar-refractivity contribution >= 4 is 17.0 Å². The Morgan fingerprint density at radius 3 is 2.43 bits per heavy atom. The summed E-state index contributed by atoms with van der Waals surface area (Å²) in [5.74, 6) is -4.19. The van der Waals surface area contributed by atoms with E-state index in [0.717, 1.165) is 30.7 Å². The fourth-order valence-electron chi connectivity index (χ4n) is 4.95. The molecule has 1 aliphatic rings. The van der Waals surface area contributed by atoms with Crippen LogP contribution in [0, 0.1) is 34.6 Å². The predicted molar refractivity (Wildman–Crippen MR) is 160 cm³/mol. The van der Waals surface area contributed by atoms with E-state index in [1.165, 1.54) is 36.4 Å². The molecule has 0 bridgehead atoms. The van der Waals surface area contributed by atoms with E-state index in [0.29, 0.717) is 12.1 Å². The standard InChI is InChI=1S/C32H22F4N4O4.C2H6/c33-23-8-17(14-37)4-5-18(23)16-44-31-3-1-2-27(39-31)21-11-24(34)19(9-25(21)35)10-30-38-28-13-26(36)22(32(41)42)12-29(28)40(30)15-20-6-7-43-20;1-2/h1-5,8-9,11-13,20H,6-7,10,15-16H2,(H,41,42);1-2H3. The van der Waals surface area contributed by atoms with Gasteiger partial charge in [0.05, 0.1) is 46.6 Å². The third-order valence-corrected chi connectivity index (χ3v) is 7.37. The molecule has 0 saturated carbocycles. The van der Waals surface area contributed by atoms with Gasteiger partial charge >= 0.3 is 5.97 Å². The van der Waals surface area contributed by atoms with Gasteiger partial charge in [0.2, 0.25) is 5.88 Å². The molecule has 5 aromatic rings. The number of carboxylic acid groups (broad SMARTS) is 1. The van der Waals surface area contributed by atoms with Gasteiger partial charge in [-0.1, -0.05) is 26.0 Å². The van der Waals surface area contributed by atoms with Crippen LogP contribution in [0.3, 0.4) is 0 Å². The Labute approximate surface area is 261 Å². The molecule has 2 aromatic heterocycles. The van der Waals surface area contributed by atoms with E-state index >= 15 is 8.78 Å². The largest absolute Gasteiger partial charge is 0.478 e. The highest BCUT2D eigenvalue weighted by Gasteiger charge is 2.25. The summed E-state index contributed by atoms with van der Waals surface area (Å²) in [7, 11) is 0. The molecular formula is C34H28F4N4O4. The van der Waals surface area contributed by atoms with Crippen LogP contribution in [0.5, 0.6) is 5.88 Å². The summed E-state index contributed by atoms with van der Waals surface area (Å²) in [6.07, 6.45) is 0.408. The number of carbonyl (C=O) groups is 1. The lowest BCUT2D eigenvalue weighted by molar-refractivity contribution is -0.0589. The van der Waals surface area contributed by atoms with E-state index in [-0.39, 0.29) is 70.8 Å². The first-order valence-corrected chi connectivity index (χ1v) is 14.5. The van der Waals surface area contributed by atoms with Gasteiger partial charge in [-0.2, -0.15) is 5.26 Å². The zero-order chi connectivity index (χ0) is 33.0. The predicted octanol–water partition coefficient (Wildman–Crippen LogP) is 7.21. The van der Waals surface area contributed by atoms with Gasteiger partial charge in [-0.25, -0.2) is 32.3 Å². The number of fused-ring (bicyclic) bond motifs is 1. The topological polar surface area (TPSA) is 110 Å².